The van der Waals surface area contributed by atoms with Crippen molar-refractivity contribution in [1.29, 1.82) is 0 Å². The van der Waals surface area contributed by atoms with Crippen LogP contribution >= 0.6 is 0 Å². The van der Waals surface area contributed by atoms with Gasteiger partial charge in [0.05, 0.1) is 39.6 Å². The van der Waals surface area contributed by atoms with Gasteiger partial charge >= 0.3 is 0 Å². The fourth-order valence-electron chi connectivity index (χ4n) is 5.24. The third-order valence-corrected chi connectivity index (χ3v) is 8.29. The average molecular weight is 743 g/mol. The number of ketones is 1. The maximum Gasteiger partial charge on any atom is 0.246 e. The highest BCUT2D eigenvalue weighted by molar-refractivity contribution is 5.78. The molecule has 0 radical (unpaired) electrons. The highest BCUT2D eigenvalue weighted by Crippen LogP contribution is 2.14. The van der Waals surface area contributed by atoms with Crippen LogP contribution in [0.3, 0.4) is 0 Å². The molecule has 13 nitrogen and oxygen atoms in total. The minimum atomic E-state index is -0.253. The van der Waals surface area contributed by atoms with Crippen molar-refractivity contribution < 1.29 is 42.9 Å². The standard InChI is InChI=1S/C39H74N4O9/c1-3-4-23-41-38(47)33-51-31-30-50-28-26-43-39(48)34-52-32-29-49-27-25-42-37(46)22-19-24-40-36(45)21-18-16-14-12-10-8-6-5-7-9-11-13-15-17-20-35(2)44/h3-34H2,1-2H3,(H,40,45)(H,41,47)(H,42,46)(H,43,48). The highest BCUT2D eigenvalue weighted by Gasteiger charge is 2.05. The van der Waals surface area contributed by atoms with Crippen molar-refractivity contribution in [3.05, 3.63) is 0 Å². The lowest BCUT2D eigenvalue weighted by molar-refractivity contribution is -0.127. The molecule has 0 heterocycles. The van der Waals surface area contributed by atoms with Crippen LogP contribution in [0.1, 0.15) is 142 Å². The van der Waals surface area contributed by atoms with Crippen molar-refractivity contribution in [1.82, 2.24) is 21.3 Å². The molecule has 0 atom stereocenters. The predicted octanol–water partition coefficient (Wildman–Crippen LogP) is 4.93. The van der Waals surface area contributed by atoms with Crippen LogP contribution in [-0.4, -0.2) is 108 Å². The number of ether oxygens (including phenoxy) is 4. The third kappa shape index (κ3) is 40.2. The number of hydrogen-bond donors (Lipinski definition) is 4. The van der Waals surface area contributed by atoms with Gasteiger partial charge in [-0.25, -0.2) is 0 Å². The Balaban J connectivity index is 3.36. The number of carbonyl (C=O) groups is 5. The first-order valence-electron chi connectivity index (χ1n) is 20.2. The van der Waals surface area contributed by atoms with Gasteiger partial charge in [0, 0.05) is 45.4 Å². The molecule has 0 rings (SSSR count). The van der Waals surface area contributed by atoms with Crippen molar-refractivity contribution in [2.45, 2.75) is 142 Å². The first-order valence-corrected chi connectivity index (χ1v) is 20.2. The normalized spacial score (nSPS) is 11.0. The highest BCUT2D eigenvalue weighted by atomic mass is 16.5. The second-order valence-corrected chi connectivity index (χ2v) is 13.3. The Bertz CT molecular complexity index is 892. The van der Waals surface area contributed by atoms with E-state index in [9.17, 15) is 24.0 Å². The molecule has 0 saturated carbocycles. The molecule has 0 fully saturated rings. The summed E-state index contributed by atoms with van der Waals surface area (Å²) in [5.74, 6) is -0.104. The predicted molar refractivity (Wildman–Crippen MR) is 204 cm³/mol. The van der Waals surface area contributed by atoms with E-state index < -0.39 is 0 Å². The zero-order valence-electron chi connectivity index (χ0n) is 32.8. The van der Waals surface area contributed by atoms with E-state index >= 15 is 0 Å². The van der Waals surface area contributed by atoms with E-state index in [0.29, 0.717) is 84.3 Å². The number of rotatable bonds is 40. The van der Waals surface area contributed by atoms with Crippen LogP contribution < -0.4 is 21.3 Å². The van der Waals surface area contributed by atoms with Crippen LogP contribution in [-0.2, 0) is 42.9 Å². The Morgan fingerprint density at radius 1 is 0.365 bits per heavy atom. The lowest BCUT2D eigenvalue weighted by Crippen LogP contribution is -2.32. The second-order valence-electron chi connectivity index (χ2n) is 13.3. The molecule has 0 aliphatic rings. The van der Waals surface area contributed by atoms with E-state index in [2.05, 4.69) is 28.2 Å². The van der Waals surface area contributed by atoms with Gasteiger partial charge in [-0.15, -0.1) is 0 Å². The SMILES string of the molecule is CCCCNC(=O)COCCOCCNC(=O)COCCOCCNC(=O)CCCNC(=O)CCCCCCCCCCCCCCCCC(C)=O. The summed E-state index contributed by atoms with van der Waals surface area (Å²) in [6, 6.07) is 0. The smallest absolute Gasteiger partial charge is 0.246 e. The van der Waals surface area contributed by atoms with Crippen molar-refractivity contribution in [3.8, 4) is 0 Å². The van der Waals surface area contributed by atoms with E-state index in [4.69, 9.17) is 18.9 Å². The molecule has 4 N–H and O–H groups in total. The number of unbranched alkanes of at least 4 members (excludes halogenated alkanes) is 14. The monoisotopic (exact) mass is 743 g/mol. The van der Waals surface area contributed by atoms with Crippen LogP contribution in [0, 0.1) is 0 Å². The Morgan fingerprint density at radius 2 is 0.712 bits per heavy atom. The van der Waals surface area contributed by atoms with Crippen LogP contribution in [0.2, 0.25) is 0 Å². The molecule has 0 aromatic rings. The zero-order valence-corrected chi connectivity index (χ0v) is 32.8. The van der Waals surface area contributed by atoms with Gasteiger partial charge in [0.15, 0.2) is 0 Å². The van der Waals surface area contributed by atoms with Gasteiger partial charge in [0.1, 0.15) is 19.0 Å². The van der Waals surface area contributed by atoms with Crippen molar-refractivity contribution in [3.63, 3.8) is 0 Å². The summed E-state index contributed by atoms with van der Waals surface area (Å²) in [5, 5.41) is 11.2. The molecule has 0 unspecified atom stereocenters. The van der Waals surface area contributed by atoms with Crippen molar-refractivity contribution >= 4 is 29.4 Å². The maximum atomic E-state index is 12.1. The fourth-order valence-corrected chi connectivity index (χ4v) is 5.24. The summed E-state index contributed by atoms with van der Waals surface area (Å²) in [6.07, 6.45) is 21.3. The summed E-state index contributed by atoms with van der Waals surface area (Å²) in [5.41, 5.74) is 0. The first kappa shape index (κ1) is 49.4. The van der Waals surface area contributed by atoms with Crippen molar-refractivity contribution in [2.24, 2.45) is 0 Å². The van der Waals surface area contributed by atoms with Gasteiger partial charge < -0.3 is 45.0 Å². The van der Waals surface area contributed by atoms with E-state index in [1.54, 1.807) is 6.92 Å². The van der Waals surface area contributed by atoms with Gasteiger partial charge in [-0.3, -0.25) is 19.2 Å². The largest absolute Gasteiger partial charge is 0.377 e. The lowest BCUT2D eigenvalue weighted by atomic mass is 10.0. The van der Waals surface area contributed by atoms with Crippen LogP contribution in [0.5, 0.6) is 0 Å². The minimum Gasteiger partial charge on any atom is -0.377 e. The summed E-state index contributed by atoms with van der Waals surface area (Å²) in [6.45, 7) is 7.42. The number of nitrogens with one attached hydrogen (secondary N) is 4. The summed E-state index contributed by atoms with van der Waals surface area (Å²) in [7, 11) is 0. The minimum absolute atomic E-state index is 0.0117. The van der Waals surface area contributed by atoms with E-state index in [1.807, 2.05) is 0 Å². The van der Waals surface area contributed by atoms with Gasteiger partial charge in [0.25, 0.3) is 0 Å². The topological polar surface area (TPSA) is 170 Å². The Morgan fingerprint density at radius 3 is 1.17 bits per heavy atom. The zero-order chi connectivity index (χ0) is 38.2. The average Bonchev–Trinajstić information content (AvgIpc) is 3.12. The van der Waals surface area contributed by atoms with E-state index in [0.717, 1.165) is 38.5 Å². The molecule has 304 valence electrons. The summed E-state index contributed by atoms with van der Waals surface area (Å²) >= 11 is 0. The number of carbonyl (C=O) groups excluding carboxylic acids is 5. The molecule has 4 amide bonds. The molecular weight excluding hydrogens is 668 g/mol. The molecule has 0 saturated heterocycles. The van der Waals surface area contributed by atoms with Crippen LogP contribution in [0.4, 0.5) is 0 Å². The van der Waals surface area contributed by atoms with Crippen LogP contribution in [0.15, 0.2) is 0 Å². The molecule has 0 spiro atoms. The van der Waals surface area contributed by atoms with E-state index in [1.165, 1.54) is 70.6 Å². The quantitative estimate of drug-likeness (QED) is 0.0636. The van der Waals surface area contributed by atoms with Gasteiger partial charge in [-0.1, -0.05) is 90.4 Å². The maximum absolute atomic E-state index is 12.1. The Labute approximate surface area is 314 Å². The van der Waals surface area contributed by atoms with Gasteiger partial charge in [0.2, 0.25) is 23.6 Å². The molecule has 0 bridgehead atoms. The molecule has 0 aliphatic carbocycles. The van der Waals surface area contributed by atoms with Gasteiger partial charge in [-0.2, -0.15) is 0 Å². The summed E-state index contributed by atoms with van der Waals surface area (Å²) < 4.78 is 21.3. The molecule has 0 aromatic carbocycles. The van der Waals surface area contributed by atoms with Crippen LogP contribution in [0.25, 0.3) is 0 Å². The van der Waals surface area contributed by atoms with E-state index in [-0.39, 0.29) is 43.4 Å². The number of hydrogen-bond acceptors (Lipinski definition) is 9. The fraction of sp³-hybridized carbons (Fsp3) is 0.872. The second kappa shape index (κ2) is 39.6. The molecule has 0 aromatic heterocycles. The number of Topliss-reactive ketones (excluding diaryl/α,β-unsaturated/α-hetero) is 1. The Hall–Kier alpha value is -2.61. The summed E-state index contributed by atoms with van der Waals surface area (Å²) in [4.78, 5) is 58.3. The van der Waals surface area contributed by atoms with Crippen molar-refractivity contribution in [2.75, 3.05) is 79.0 Å². The Kier molecular flexibility index (Phi) is 37.6. The molecule has 52 heavy (non-hydrogen) atoms. The third-order valence-electron chi connectivity index (χ3n) is 8.29. The molecule has 13 heteroatoms. The first-order chi connectivity index (χ1) is 25.3. The van der Waals surface area contributed by atoms with Gasteiger partial charge in [-0.05, 0) is 32.6 Å². The molecular formula is C39H74N4O9. The lowest BCUT2D eigenvalue weighted by Gasteiger charge is -2.09. The number of amides is 4. The molecule has 0 aliphatic heterocycles.